The van der Waals surface area contributed by atoms with Gasteiger partial charge in [0.05, 0.1) is 18.6 Å². The number of methoxy groups -OCH3 is 1. The van der Waals surface area contributed by atoms with E-state index in [9.17, 15) is 4.79 Å². The zero-order valence-electron chi connectivity index (χ0n) is 19.6. The van der Waals surface area contributed by atoms with Crippen LogP contribution in [-0.4, -0.2) is 76.1 Å². The molecule has 1 aliphatic carbocycles. The van der Waals surface area contributed by atoms with Crippen LogP contribution in [0.2, 0.25) is 0 Å². The van der Waals surface area contributed by atoms with Crippen molar-refractivity contribution in [1.82, 2.24) is 20.4 Å². The predicted molar refractivity (Wildman–Crippen MR) is 126 cm³/mol. The molecule has 1 atom stereocenters. The molecule has 31 heavy (non-hydrogen) atoms. The quantitative estimate of drug-likeness (QED) is 0.491. The molecule has 172 valence electrons. The van der Waals surface area contributed by atoms with Crippen LogP contribution in [0, 0.1) is 5.41 Å². The maximum Gasteiger partial charge on any atom is 0.230 e. The molecule has 1 saturated carbocycles. The Morgan fingerprint density at radius 1 is 1.16 bits per heavy atom. The second-order valence-corrected chi connectivity index (χ2v) is 8.99. The number of guanidine groups is 1. The fourth-order valence-electron chi connectivity index (χ4n) is 5.09. The highest BCUT2D eigenvalue weighted by atomic mass is 16.5. The van der Waals surface area contributed by atoms with Gasteiger partial charge in [0, 0.05) is 39.8 Å². The summed E-state index contributed by atoms with van der Waals surface area (Å²) in [5.41, 5.74) is 0.878. The van der Waals surface area contributed by atoms with Gasteiger partial charge >= 0.3 is 0 Å². The number of nitrogens with one attached hydrogen (secondary N) is 2. The summed E-state index contributed by atoms with van der Waals surface area (Å²) in [5.74, 6) is 1.89. The highest BCUT2D eigenvalue weighted by Gasteiger charge is 2.42. The molecule has 2 fully saturated rings. The lowest BCUT2D eigenvalue weighted by atomic mass is 9.84. The summed E-state index contributed by atoms with van der Waals surface area (Å²) in [6.45, 7) is 3.54. The number of likely N-dealkylation sites (tertiary alicyclic amines) is 1. The number of nitrogens with zero attached hydrogens (tertiary/aromatic N) is 3. The van der Waals surface area contributed by atoms with Crippen molar-refractivity contribution in [3.05, 3.63) is 29.8 Å². The van der Waals surface area contributed by atoms with E-state index in [-0.39, 0.29) is 17.4 Å². The Bertz CT molecular complexity index is 752. The minimum absolute atomic E-state index is 0.209. The van der Waals surface area contributed by atoms with Crippen molar-refractivity contribution >= 4 is 11.9 Å². The smallest absolute Gasteiger partial charge is 0.230 e. The number of hydrogen-bond donors (Lipinski definition) is 2. The lowest BCUT2D eigenvalue weighted by Gasteiger charge is -2.32. The summed E-state index contributed by atoms with van der Waals surface area (Å²) < 4.78 is 5.65. The van der Waals surface area contributed by atoms with Crippen LogP contribution in [0.15, 0.2) is 29.3 Å². The van der Waals surface area contributed by atoms with Gasteiger partial charge in [0.25, 0.3) is 0 Å². The monoisotopic (exact) mass is 429 g/mol. The predicted octanol–water partition coefficient (Wildman–Crippen LogP) is 2.65. The first-order chi connectivity index (χ1) is 15.0. The third-order valence-corrected chi connectivity index (χ3v) is 6.78. The van der Waals surface area contributed by atoms with Crippen LogP contribution in [0.5, 0.6) is 5.75 Å². The zero-order valence-corrected chi connectivity index (χ0v) is 19.6. The third kappa shape index (κ3) is 5.50. The zero-order chi connectivity index (χ0) is 22.3. The second kappa shape index (κ2) is 10.8. The summed E-state index contributed by atoms with van der Waals surface area (Å²) in [6, 6.07) is 8.48. The highest BCUT2D eigenvalue weighted by Crippen LogP contribution is 2.39. The number of amides is 1. The van der Waals surface area contributed by atoms with E-state index in [2.05, 4.69) is 32.7 Å². The lowest BCUT2D eigenvalue weighted by Crippen LogP contribution is -2.50. The minimum atomic E-state index is -0.321. The van der Waals surface area contributed by atoms with Gasteiger partial charge in [-0.05, 0) is 44.8 Å². The van der Waals surface area contributed by atoms with Crippen molar-refractivity contribution in [2.24, 2.45) is 10.4 Å². The fraction of sp³-hybridized carbons (Fsp3) is 0.667. The largest absolute Gasteiger partial charge is 0.496 e. The molecule has 7 heteroatoms. The van der Waals surface area contributed by atoms with E-state index in [1.807, 2.05) is 26.2 Å². The SMILES string of the molecule is CN=C(NCC(c1ccccc1OC)N1CCCC1)NCC1(C(=O)N(C)C)CCCC1. The Kier molecular flexibility index (Phi) is 8.18. The molecule has 0 aromatic heterocycles. The van der Waals surface area contributed by atoms with E-state index in [1.54, 1.807) is 19.1 Å². The molecule has 1 aromatic carbocycles. The van der Waals surface area contributed by atoms with Crippen LogP contribution >= 0.6 is 0 Å². The van der Waals surface area contributed by atoms with Gasteiger partial charge in [-0.25, -0.2) is 0 Å². The van der Waals surface area contributed by atoms with Gasteiger partial charge in [0.2, 0.25) is 5.91 Å². The molecule has 1 aliphatic heterocycles. The average molecular weight is 430 g/mol. The molecule has 1 heterocycles. The number of benzene rings is 1. The summed E-state index contributed by atoms with van der Waals surface area (Å²) in [6.07, 6.45) is 6.55. The third-order valence-electron chi connectivity index (χ3n) is 6.78. The molecule has 1 amide bonds. The maximum absolute atomic E-state index is 12.9. The van der Waals surface area contributed by atoms with Crippen molar-refractivity contribution in [3.8, 4) is 5.75 Å². The van der Waals surface area contributed by atoms with Gasteiger partial charge in [-0.2, -0.15) is 0 Å². The topological polar surface area (TPSA) is 69.2 Å². The number of aliphatic imine (C=N–C) groups is 1. The van der Waals surface area contributed by atoms with Gasteiger partial charge in [0.15, 0.2) is 5.96 Å². The summed E-state index contributed by atoms with van der Waals surface area (Å²) >= 11 is 0. The Hall–Kier alpha value is -2.28. The molecular formula is C24H39N5O2. The number of para-hydroxylation sites is 1. The molecule has 0 radical (unpaired) electrons. The van der Waals surface area contributed by atoms with Crippen molar-refractivity contribution in [2.45, 2.75) is 44.6 Å². The van der Waals surface area contributed by atoms with Crippen molar-refractivity contribution in [3.63, 3.8) is 0 Å². The fourth-order valence-corrected chi connectivity index (χ4v) is 5.09. The van der Waals surface area contributed by atoms with Crippen molar-refractivity contribution in [1.29, 1.82) is 0 Å². The molecule has 1 unspecified atom stereocenters. The minimum Gasteiger partial charge on any atom is -0.496 e. The van der Waals surface area contributed by atoms with E-state index in [0.717, 1.165) is 57.0 Å². The van der Waals surface area contributed by atoms with Crippen LogP contribution in [-0.2, 0) is 4.79 Å². The Labute approximate surface area is 187 Å². The number of carbonyl (C=O) groups is 1. The highest BCUT2D eigenvalue weighted by molar-refractivity contribution is 5.85. The Balaban J connectivity index is 1.67. The van der Waals surface area contributed by atoms with Crippen LogP contribution in [0.3, 0.4) is 0 Å². The average Bonchev–Trinajstić information content (AvgIpc) is 3.49. The van der Waals surface area contributed by atoms with Crippen LogP contribution in [0.1, 0.15) is 50.1 Å². The van der Waals surface area contributed by atoms with Gasteiger partial charge < -0.3 is 20.3 Å². The molecule has 1 aromatic rings. The lowest BCUT2D eigenvalue weighted by molar-refractivity contribution is -0.138. The van der Waals surface area contributed by atoms with Crippen LogP contribution < -0.4 is 15.4 Å². The van der Waals surface area contributed by atoms with E-state index < -0.39 is 0 Å². The summed E-state index contributed by atoms with van der Waals surface area (Å²) in [7, 11) is 7.22. The molecule has 0 bridgehead atoms. The van der Waals surface area contributed by atoms with E-state index in [1.165, 1.54) is 18.4 Å². The number of carbonyl (C=O) groups excluding carboxylic acids is 1. The number of hydrogen-bond acceptors (Lipinski definition) is 4. The normalized spacial score (nSPS) is 19.8. The first kappa shape index (κ1) is 23.4. The van der Waals surface area contributed by atoms with Gasteiger partial charge in [-0.15, -0.1) is 0 Å². The number of ether oxygens (including phenoxy) is 1. The van der Waals surface area contributed by atoms with E-state index in [4.69, 9.17) is 4.74 Å². The van der Waals surface area contributed by atoms with Crippen molar-refractivity contribution in [2.75, 3.05) is 54.4 Å². The molecule has 2 aliphatic rings. The standard InChI is InChI=1S/C24H39N5O2/c1-25-23(27-18-24(13-7-8-14-24)22(30)28(2)3)26-17-20(29-15-9-10-16-29)19-11-5-6-12-21(19)31-4/h5-6,11-12,20H,7-10,13-18H2,1-4H3,(H2,25,26,27). The maximum atomic E-state index is 12.9. The molecule has 2 N–H and O–H groups in total. The molecule has 0 spiro atoms. The van der Waals surface area contributed by atoms with E-state index in [0.29, 0.717) is 6.54 Å². The molecule has 1 saturated heterocycles. The summed E-state index contributed by atoms with van der Waals surface area (Å²) in [4.78, 5) is 21.6. The van der Waals surface area contributed by atoms with Gasteiger partial charge in [-0.3, -0.25) is 14.7 Å². The molecule has 3 rings (SSSR count). The van der Waals surface area contributed by atoms with E-state index >= 15 is 0 Å². The first-order valence-electron chi connectivity index (χ1n) is 11.5. The second-order valence-electron chi connectivity index (χ2n) is 8.99. The van der Waals surface area contributed by atoms with Crippen molar-refractivity contribution < 1.29 is 9.53 Å². The summed E-state index contributed by atoms with van der Waals surface area (Å²) in [5, 5.41) is 6.98. The Morgan fingerprint density at radius 3 is 2.45 bits per heavy atom. The number of rotatable bonds is 8. The molecular weight excluding hydrogens is 390 g/mol. The van der Waals surface area contributed by atoms with Crippen LogP contribution in [0.4, 0.5) is 0 Å². The molecule has 7 nitrogen and oxygen atoms in total. The van der Waals surface area contributed by atoms with Gasteiger partial charge in [-0.1, -0.05) is 31.0 Å². The first-order valence-corrected chi connectivity index (χ1v) is 11.5. The van der Waals surface area contributed by atoms with Gasteiger partial charge in [0.1, 0.15) is 5.75 Å². The van der Waals surface area contributed by atoms with Crippen LogP contribution in [0.25, 0.3) is 0 Å². The Morgan fingerprint density at radius 2 is 1.84 bits per heavy atom.